The van der Waals surface area contributed by atoms with E-state index in [2.05, 4.69) is 15.6 Å². The highest BCUT2D eigenvalue weighted by Gasteiger charge is 2.23. The number of nitrogens with zero attached hydrogens (tertiary/aromatic N) is 1. The largest absolute Gasteiger partial charge is 0.497 e. The normalized spacial score (nSPS) is 15.0. The number of fused-ring (bicyclic) bond motifs is 1. The number of anilines is 1. The van der Waals surface area contributed by atoms with E-state index >= 15 is 0 Å². The van der Waals surface area contributed by atoms with E-state index in [1.165, 1.54) is 24.3 Å². The van der Waals surface area contributed by atoms with Crippen molar-refractivity contribution in [3.8, 4) is 22.8 Å². The first-order valence-electron chi connectivity index (χ1n) is 10.1. The van der Waals surface area contributed by atoms with Gasteiger partial charge in [-0.2, -0.15) is 0 Å². The number of benzene rings is 2. The molecule has 1 atom stereocenters. The Hall–Kier alpha value is -3.65. The highest BCUT2D eigenvalue weighted by molar-refractivity contribution is 7.14. The summed E-state index contributed by atoms with van der Waals surface area (Å²) in [4.78, 5) is 28.4. The summed E-state index contributed by atoms with van der Waals surface area (Å²) in [5.41, 5.74) is 3.48. The first-order chi connectivity index (χ1) is 15.5. The number of carbonyl (C=O) groups excluding carboxylic acids is 2. The molecule has 0 fully saturated rings. The quantitative estimate of drug-likeness (QED) is 0.544. The van der Waals surface area contributed by atoms with E-state index in [0.717, 1.165) is 40.3 Å². The molecule has 0 saturated carbocycles. The zero-order valence-corrected chi connectivity index (χ0v) is 18.6. The number of rotatable bonds is 6. The van der Waals surface area contributed by atoms with Gasteiger partial charge in [-0.1, -0.05) is 12.1 Å². The number of nitrogens with one attached hydrogen (secondary N) is 2. The SMILES string of the molecule is COc1ccc(/C=C/C(=O)Nc2nc(-c3ccc4c(c3)C(NC(C)=O)CCO4)cs2)cc1. The van der Waals surface area contributed by atoms with Gasteiger partial charge in [0.1, 0.15) is 11.5 Å². The van der Waals surface area contributed by atoms with Crippen molar-refractivity contribution in [2.75, 3.05) is 19.0 Å². The molecule has 8 heteroatoms. The van der Waals surface area contributed by atoms with Gasteiger partial charge in [0, 0.05) is 35.9 Å². The van der Waals surface area contributed by atoms with Crippen LogP contribution >= 0.6 is 11.3 Å². The predicted molar refractivity (Wildman–Crippen MR) is 125 cm³/mol. The lowest BCUT2D eigenvalue weighted by Gasteiger charge is -2.26. The molecule has 1 aromatic heterocycles. The van der Waals surface area contributed by atoms with Crippen LogP contribution in [0.1, 0.15) is 30.5 Å². The minimum Gasteiger partial charge on any atom is -0.497 e. The van der Waals surface area contributed by atoms with Gasteiger partial charge in [-0.3, -0.25) is 14.9 Å². The zero-order valence-electron chi connectivity index (χ0n) is 17.8. The Balaban J connectivity index is 1.45. The van der Waals surface area contributed by atoms with E-state index in [1.807, 2.05) is 47.8 Å². The van der Waals surface area contributed by atoms with E-state index < -0.39 is 0 Å². The number of methoxy groups -OCH3 is 1. The molecule has 164 valence electrons. The molecule has 0 radical (unpaired) electrons. The fraction of sp³-hybridized carbons (Fsp3) is 0.208. The Kier molecular flexibility index (Phi) is 6.51. The first kappa shape index (κ1) is 21.6. The molecule has 32 heavy (non-hydrogen) atoms. The van der Waals surface area contributed by atoms with Gasteiger partial charge in [0.25, 0.3) is 0 Å². The number of thiazole rings is 1. The molecule has 3 aromatic rings. The lowest BCUT2D eigenvalue weighted by atomic mass is 9.97. The van der Waals surface area contributed by atoms with Crippen molar-refractivity contribution < 1.29 is 19.1 Å². The van der Waals surface area contributed by atoms with Gasteiger partial charge in [-0.15, -0.1) is 11.3 Å². The van der Waals surface area contributed by atoms with Crippen LogP contribution in [0.5, 0.6) is 11.5 Å². The number of amides is 2. The average molecular weight is 450 g/mol. The van der Waals surface area contributed by atoms with Crippen molar-refractivity contribution in [2.45, 2.75) is 19.4 Å². The average Bonchev–Trinajstić information content (AvgIpc) is 3.26. The molecule has 0 bridgehead atoms. The Labute approximate surface area is 190 Å². The molecular weight excluding hydrogens is 426 g/mol. The molecule has 7 nitrogen and oxygen atoms in total. The van der Waals surface area contributed by atoms with Gasteiger partial charge in [0.15, 0.2) is 5.13 Å². The third kappa shape index (κ3) is 5.15. The third-order valence-corrected chi connectivity index (χ3v) is 5.76. The maximum atomic E-state index is 12.3. The number of aromatic nitrogens is 1. The second-order valence-electron chi connectivity index (χ2n) is 7.28. The van der Waals surface area contributed by atoms with Gasteiger partial charge < -0.3 is 14.8 Å². The van der Waals surface area contributed by atoms with Crippen molar-refractivity contribution >= 4 is 34.4 Å². The fourth-order valence-corrected chi connectivity index (χ4v) is 4.17. The molecule has 2 amide bonds. The number of hydrogen-bond acceptors (Lipinski definition) is 6. The molecule has 2 heterocycles. The molecule has 2 N–H and O–H groups in total. The summed E-state index contributed by atoms with van der Waals surface area (Å²) in [6.45, 7) is 2.08. The summed E-state index contributed by atoms with van der Waals surface area (Å²) in [6.07, 6.45) is 3.92. The van der Waals surface area contributed by atoms with Crippen LogP contribution in [0.4, 0.5) is 5.13 Å². The zero-order chi connectivity index (χ0) is 22.5. The molecule has 0 spiro atoms. The Morgan fingerprint density at radius 1 is 1.22 bits per heavy atom. The fourth-order valence-electron chi connectivity index (χ4n) is 3.45. The minimum absolute atomic E-state index is 0.0744. The summed E-state index contributed by atoms with van der Waals surface area (Å²) in [7, 11) is 1.61. The van der Waals surface area contributed by atoms with Crippen LogP contribution in [-0.4, -0.2) is 30.5 Å². The van der Waals surface area contributed by atoms with E-state index in [9.17, 15) is 9.59 Å². The summed E-state index contributed by atoms with van der Waals surface area (Å²) >= 11 is 1.35. The Morgan fingerprint density at radius 2 is 2.03 bits per heavy atom. The molecule has 1 unspecified atom stereocenters. The van der Waals surface area contributed by atoms with E-state index in [4.69, 9.17) is 9.47 Å². The van der Waals surface area contributed by atoms with Crippen molar-refractivity contribution in [1.82, 2.24) is 10.3 Å². The van der Waals surface area contributed by atoms with Gasteiger partial charge >= 0.3 is 0 Å². The number of carbonyl (C=O) groups is 2. The van der Waals surface area contributed by atoms with E-state index in [0.29, 0.717) is 11.7 Å². The van der Waals surface area contributed by atoms with Crippen LogP contribution in [0.2, 0.25) is 0 Å². The number of hydrogen-bond donors (Lipinski definition) is 2. The molecule has 2 aromatic carbocycles. The van der Waals surface area contributed by atoms with Crippen LogP contribution in [0, 0.1) is 0 Å². The standard InChI is InChI=1S/C24H23N3O4S/c1-15(28)25-20-11-12-31-22-9-6-17(13-19(20)22)21-14-32-24(26-21)27-23(29)10-5-16-3-7-18(30-2)8-4-16/h3-10,13-14,20H,11-12H2,1-2H3,(H,25,28)(H,26,27,29)/b10-5+. The van der Waals surface area contributed by atoms with Crippen molar-refractivity contribution in [2.24, 2.45) is 0 Å². The smallest absolute Gasteiger partial charge is 0.250 e. The lowest BCUT2D eigenvalue weighted by Crippen LogP contribution is -2.30. The molecule has 0 saturated heterocycles. The van der Waals surface area contributed by atoms with Gasteiger partial charge in [0.05, 0.1) is 25.5 Å². The van der Waals surface area contributed by atoms with E-state index in [-0.39, 0.29) is 17.9 Å². The Morgan fingerprint density at radius 3 is 2.78 bits per heavy atom. The summed E-state index contributed by atoms with van der Waals surface area (Å²) in [5, 5.41) is 8.17. The molecule has 4 rings (SSSR count). The molecule has 0 aliphatic carbocycles. The van der Waals surface area contributed by atoms with E-state index in [1.54, 1.807) is 13.2 Å². The van der Waals surface area contributed by atoms with Gasteiger partial charge in [0.2, 0.25) is 11.8 Å². The summed E-state index contributed by atoms with van der Waals surface area (Å²) in [6, 6.07) is 13.1. The maximum Gasteiger partial charge on any atom is 0.250 e. The van der Waals surface area contributed by atoms with Crippen LogP contribution in [0.25, 0.3) is 17.3 Å². The minimum atomic E-state index is -0.258. The van der Waals surface area contributed by atoms with Gasteiger partial charge in [-0.05, 0) is 42.0 Å². The summed E-state index contributed by atoms with van der Waals surface area (Å²) < 4.78 is 10.8. The monoisotopic (exact) mass is 449 g/mol. The number of ether oxygens (including phenoxy) is 2. The highest BCUT2D eigenvalue weighted by atomic mass is 32.1. The highest BCUT2D eigenvalue weighted by Crippen LogP contribution is 2.36. The van der Waals surface area contributed by atoms with Crippen LogP contribution in [-0.2, 0) is 9.59 Å². The van der Waals surface area contributed by atoms with Crippen LogP contribution in [0.15, 0.2) is 53.9 Å². The third-order valence-electron chi connectivity index (χ3n) is 5.00. The summed E-state index contributed by atoms with van der Waals surface area (Å²) in [5.74, 6) is 1.20. The van der Waals surface area contributed by atoms with Crippen molar-refractivity contribution in [3.05, 3.63) is 65.0 Å². The van der Waals surface area contributed by atoms with Gasteiger partial charge in [-0.25, -0.2) is 4.98 Å². The topological polar surface area (TPSA) is 89.5 Å². The first-order valence-corrected chi connectivity index (χ1v) is 11.0. The lowest BCUT2D eigenvalue weighted by molar-refractivity contribution is -0.119. The molecule has 1 aliphatic heterocycles. The molecule has 1 aliphatic rings. The van der Waals surface area contributed by atoms with Crippen LogP contribution < -0.4 is 20.1 Å². The predicted octanol–water partition coefficient (Wildman–Crippen LogP) is 4.43. The van der Waals surface area contributed by atoms with Crippen molar-refractivity contribution in [3.63, 3.8) is 0 Å². The van der Waals surface area contributed by atoms with Crippen molar-refractivity contribution in [1.29, 1.82) is 0 Å². The Bertz CT molecular complexity index is 1150. The van der Waals surface area contributed by atoms with Crippen LogP contribution in [0.3, 0.4) is 0 Å². The second-order valence-corrected chi connectivity index (χ2v) is 8.13. The second kappa shape index (κ2) is 9.65. The maximum absolute atomic E-state index is 12.3. The molecular formula is C24H23N3O4S.